The summed E-state index contributed by atoms with van der Waals surface area (Å²) < 4.78 is 11.3. The minimum atomic E-state index is -0.387. The molecule has 0 fully saturated rings. The molecular weight excluding hydrogens is 436 g/mol. The Labute approximate surface area is 204 Å². The van der Waals surface area contributed by atoms with Crippen LogP contribution in [-0.4, -0.2) is 11.9 Å². The molecule has 0 unspecified atom stereocenters. The van der Waals surface area contributed by atoms with Gasteiger partial charge in [-0.2, -0.15) is 0 Å². The largest absolute Gasteiger partial charge is 0.427 e. The first-order chi connectivity index (χ1) is 16.9. The number of ether oxygens (including phenoxy) is 2. The van der Waals surface area contributed by atoms with Crippen molar-refractivity contribution in [1.29, 1.82) is 0 Å². The van der Waals surface area contributed by atoms with Gasteiger partial charge in [-0.05, 0) is 90.4 Å². The van der Waals surface area contributed by atoms with Gasteiger partial charge in [0.2, 0.25) is 0 Å². The van der Waals surface area contributed by atoms with Crippen LogP contribution in [0.2, 0.25) is 0 Å². The van der Waals surface area contributed by atoms with Gasteiger partial charge in [0.1, 0.15) is 11.5 Å². The summed E-state index contributed by atoms with van der Waals surface area (Å²) in [5.74, 6) is 0.327. The lowest BCUT2D eigenvalue weighted by Crippen LogP contribution is -2.08. The average molecular weight is 461 g/mol. The fourth-order valence-corrected chi connectivity index (χ4v) is 3.97. The number of allylic oxidation sites excluding steroid dienone is 1. The van der Waals surface area contributed by atoms with Gasteiger partial charge >= 0.3 is 11.9 Å². The lowest BCUT2D eigenvalue weighted by Gasteiger charge is -2.09. The lowest BCUT2D eigenvalue weighted by molar-refractivity contribution is 0.0622. The topological polar surface area (TPSA) is 52.6 Å². The molecule has 1 aliphatic rings. The fraction of sp³-hybridized carbons (Fsp3) is 0.0968. The molecule has 0 heterocycles. The lowest BCUT2D eigenvalue weighted by atomic mass is 10.0. The van der Waals surface area contributed by atoms with Gasteiger partial charge in [-0.1, -0.05) is 53.6 Å². The Morgan fingerprint density at radius 1 is 0.657 bits per heavy atom. The van der Waals surface area contributed by atoms with Crippen molar-refractivity contribution in [2.24, 2.45) is 0 Å². The highest BCUT2D eigenvalue weighted by Gasteiger charge is 2.14. The molecule has 0 radical (unpaired) electrons. The van der Waals surface area contributed by atoms with E-state index in [0.29, 0.717) is 29.1 Å². The summed E-state index contributed by atoms with van der Waals surface area (Å²) in [5, 5.41) is 1.95. The van der Waals surface area contributed by atoms with Crippen LogP contribution in [0.4, 0.5) is 0 Å². The summed E-state index contributed by atoms with van der Waals surface area (Å²) in [6.45, 7) is 3.95. The third kappa shape index (κ3) is 5.07. The minimum Gasteiger partial charge on any atom is -0.427 e. The van der Waals surface area contributed by atoms with Crippen molar-refractivity contribution in [1.82, 2.24) is 0 Å². The van der Waals surface area contributed by atoms with Crippen molar-refractivity contribution in [3.05, 3.63) is 124 Å². The van der Waals surface area contributed by atoms with E-state index in [1.165, 1.54) is 0 Å². The van der Waals surface area contributed by atoms with E-state index >= 15 is 0 Å². The van der Waals surface area contributed by atoms with E-state index in [2.05, 4.69) is 0 Å². The Bertz CT molecular complexity index is 1490. The van der Waals surface area contributed by atoms with E-state index < -0.39 is 0 Å². The monoisotopic (exact) mass is 460 g/mol. The SMILES string of the molecule is Cc1ccc(C(=O)OC2=Cc3cc4ccc(OC(=O)c5ccc(C)cc5)cc4cc3C=CC2)cc1. The Hall–Kier alpha value is -4.44. The number of rotatable bonds is 4. The highest BCUT2D eigenvalue weighted by Crippen LogP contribution is 2.30. The molecule has 0 spiro atoms. The van der Waals surface area contributed by atoms with Crippen LogP contribution in [0.25, 0.3) is 22.9 Å². The molecule has 4 heteroatoms. The number of hydrogen-bond donors (Lipinski definition) is 0. The van der Waals surface area contributed by atoms with Gasteiger partial charge in [-0.25, -0.2) is 9.59 Å². The zero-order chi connectivity index (χ0) is 24.4. The molecule has 0 aliphatic heterocycles. The normalized spacial score (nSPS) is 12.5. The predicted octanol–water partition coefficient (Wildman–Crippen LogP) is 7.29. The first-order valence-electron chi connectivity index (χ1n) is 11.5. The highest BCUT2D eigenvalue weighted by molar-refractivity contribution is 5.94. The first kappa shape index (κ1) is 22.4. The van der Waals surface area contributed by atoms with Crippen LogP contribution in [0, 0.1) is 13.8 Å². The average Bonchev–Trinajstić information content (AvgIpc) is 3.04. The molecule has 5 rings (SSSR count). The van der Waals surface area contributed by atoms with Gasteiger partial charge < -0.3 is 9.47 Å². The molecule has 4 nitrogen and oxygen atoms in total. The van der Waals surface area contributed by atoms with Crippen molar-refractivity contribution < 1.29 is 19.1 Å². The molecule has 0 saturated heterocycles. The summed E-state index contributed by atoms with van der Waals surface area (Å²) in [6, 6.07) is 24.3. The second-order valence-electron chi connectivity index (χ2n) is 8.72. The van der Waals surface area contributed by atoms with Crippen LogP contribution in [0.1, 0.15) is 49.4 Å². The molecule has 0 aromatic heterocycles. The zero-order valence-corrected chi connectivity index (χ0v) is 19.6. The molecule has 4 aromatic carbocycles. The number of fused-ring (bicyclic) bond motifs is 2. The zero-order valence-electron chi connectivity index (χ0n) is 19.6. The quantitative estimate of drug-likeness (QED) is 0.237. The van der Waals surface area contributed by atoms with E-state index in [1.54, 1.807) is 30.3 Å². The number of carbonyl (C=O) groups is 2. The standard InChI is InChI=1S/C31H24O4/c1-20-6-10-22(11-7-20)30(32)34-28-5-3-4-24-16-27-19-29(15-14-25(27)17-26(24)18-28)35-31(33)23-12-8-21(2)9-13-23/h3-4,6-19H,5H2,1-2H3. The molecule has 0 amide bonds. The summed E-state index contributed by atoms with van der Waals surface area (Å²) in [6.07, 6.45) is 6.42. The maximum Gasteiger partial charge on any atom is 0.343 e. The third-order valence-corrected chi connectivity index (χ3v) is 5.96. The summed E-state index contributed by atoms with van der Waals surface area (Å²) in [4.78, 5) is 25.1. The van der Waals surface area contributed by atoms with Gasteiger partial charge in [0.25, 0.3) is 0 Å². The van der Waals surface area contributed by atoms with E-state index in [1.807, 2.05) is 80.6 Å². The Morgan fingerprint density at radius 3 is 1.91 bits per heavy atom. The number of benzene rings is 4. The van der Waals surface area contributed by atoms with Gasteiger partial charge in [0, 0.05) is 6.42 Å². The van der Waals surface area contributed by atoms with Gasteiger partial charge in [0.05, 0.1) is 11.1 Å². The second-order valence-corrected chi connectivity index (χ2v) is 8.72. The third-order valence-electron chi connectivity index (χ3n) is 5.96. The number of carbonyl (C=O) groups excluding carboxylic acids is 2. The summed E-state index contributed by atoms with van der Waals surface area (Å²) >= 11 is 0. The maximum absolute atomic E-state index is 12.6. The first-order valence-corrected chi connectivity index (χ1v) is 11.5. The Kier molecular flexibility index (Phi) is 6.02. The number of aryl methyl sites for hydroxylation is 2. The predicted molar refractivity (Wildman–Crippen MR) is 138 cm³/mol. The minimum absolute atomic E-state index is 0.367. The van der Waals surface area contributed by atoms with Crippen molar-refractivity contribution in [3.63, 3.8) is 0 Å². The van der Waals surface area contributed by atoms with Crippen molar-refractivity contribution in [2.45, 2.75) is 20.3 Å². The molecule has 0 bridgehead atoms. The molecular formula is C31H24O4. The van der Waals surface area contributed by atoms with E-state index in [-0.39, 0.29) is 11.9 Å². The van der Waals surface area contributed by atoms with Gasteiger partial charge in [0.15, 0.2) is 0 Å². The smallest absolute Gasteiger partial charge is 0.343 e. The van der Waals surface area contributed by atoms with Gasteiger partial charge in [-0.3, -0.25) is 0 Å². The Morgan fingerprint density at radius 2 is 1.26 bits per heavy atom. The number of esters is 2. The second kappa shape index (κ2) is 9.43. The molecule has 0 N–H and O–H groups in total. The van der Waals surface area contributed by atoms with Crippen LogP contribution in [0.3, 0.4) is 0 Å². The van der Waals surface area contributed by atoms with Crippen molar-refractivity contribution in [3.8, 4) is 5.75 Å². The molecule has 1 aliphatic carbocycles. The van der Waals surface area contributed by atoms with Crippen LogP contribution < -0.4 is 4.74 Å². The summed E-state index contributed by atoms with van der Waals surface area (Å²) in [5.41, 5.74) is 5.17. The molecule has 172 valence electrons. The highest BCUT2D eigenvalue weighted by atomic mass is 16.5. The van der Waals surface area contributed by atoms with Crippen molar-refractivity contribution >= 4 is 34.9 Å². The maximum atomic E-state index is 12.6. The van der Waals surface area contributed by atoms with Crippen molar-refractivity contribution in [2.75, 3.05) is 0 Å². The number of hydrogen-bond acceptors (Lipinski definition) is 4. The van der Waals surface area contributed by atoms with Gasteiger partial charge in [-0.15, -0.1) is 0 Å². The van der Waals surface area contributed by atoms with E-state index in [9.17, 15) is 9.59 Å². The molecule has 4 aromatic rings. The fourth-order valence-electron chi connectivity index (χ4n) is 3.97. The van der Waals surface area contributed by atoms with Crippen LogP contribution in [-0.2, 0) is 4.74 Å². The summed E-state index contributed by atoms with van der Waals surface area (Å²) in [7, 11) is 0. The van der Waals surface area contributed by atoms with Crippen LogP contribution in [0.15, 0.2) is 90.7 Å². The van der Waals surface area contributed by atoms with Crippen LogP contribution in [0.5, 0.6) is 5.75 Å². The molecule has 0 atom stereocenters. The Balaban J connectivity index is 1.38. The van der Waals surface area contributed by atoms with E-state index in [4.69, 9.17) is 9.47 Å². The van der Waals surface area contributed by atoms with Crippen LogP contribution >= 0.6 is 0 Å². The van der Waals surface area contributed by atoms with E-state index in [0.717, 1.165) is 33.0 Å². The molecule has 35 heavy (non-hydrogen) atoms. The molecule has 0 saturated carbocycles.